The fraction of sp³-hybridized carbons (Fsp3) is 0.462. The van der Waals surface area contributed by atoms with Gasteiger partial charge in [-0.2, -0.15) is 0 Å². The number of amides is 2. The van der Waals surface area contributed by atoms with Crippen molar-refractivity contribution in [1.29, 1.82) is 0 Å². The number of halogens is 1. The number of hydrogen-bond acceptors (Lipinski definition) is 3. The van der Waals surface area contributed by atoms with Gasteiger partial charge in [0.25, 0.3) is 5.91 Å². The van der Waals surface area contributed by atoms with E-state index in [1.165, 1.54) is 11.1 Å². The lowest BCUT2D eigenvalue weighted by Gasteiger charge is -2.16. The van der Waals surface area contributed by atoms with Crippen molar-refractivity contribution in [3.05, 3.63) is 28.5 Å². The van der Waals surface area contributed by atoms with Crippen molar-refractivity contribution in [3.63, 3.8) is 0 Å². The minimum absolute atomic E-state index is 0.0846. The van der Waals surface area contributed by atoms with Gasteiger partial charge in [-0.25, -0.2) is 0 Å². The first-order valence-electron chi connectivity index (χ1n) is 5.94. The molecule has 96 valence electrons. The van der Waals surface area contributed by atoms with E-state index in [9.17, 15) is 9.59 Å². The van der Waals surface area contributed by atoms with Crippen molar-refractivity contribution in [1.82, 2.24) is 9.88 Å². The predicted molar refractivity (Wildman–Crippen MR) is 70.9 cm³/mol. The Kier molecular flexibility index (Phi) is 3.80. The van der Waals surface area contributed by atoms with E-state index in [4.69, 9.17) is 0 Å². The summed E-state index contributed by atoms with van der Waals surface area (Å²) < 4.78 is 0.736. The monoisotopic (exact) mass is 310 g/mol. The average Bonchev–Trinajstić information content (AvgIpc) is 2.70. The molecule has 0 aromatic carbocycles. The van der Waals surface area contributed by atoms with Gasteiger partial charge in [0.2, 0.25) is 5.91 Å². The van der Waals surface area contributed by atoms with Gasteiger partial charge in [0, 0.05) is 29.8 Å². The van der Waals surface area contributed by atoms with Crippen LogP contribution in [0.4, 0.5) is 0 Å². The Labute approximate surface area is 115 Å². The van der Waals surface area contributed by atoms with Gasteiger partial charge in [0.15, 0.2) is 0 Å². The highest BCUT2D eigenvalue weighted by Crippen LogP contribution is 2.26. The van der Waals surface area contributed by atoms with Crippen LogP contribution >= 0.6 is 15.9 Å². The normalized spacial score (nSPS) is 19.7. The summed E-state index contributed by atoms with van der Waals surface area (Å²) in [5.41, 5.74) is 0.446. The Bertz CT molecular complexity index is 488. The van der Waals surface area contributed by atoms with Crippen molar-refractivity contribution < 1.29 is 9.59 Å². The first kappa shape index (κ1) is 13.2. The molecule has 1 aromatic rings. The van der Waals surface area contributed by atoms with Crippen LogP contribution in [0.1, 0.15) is 30.6 Å². The van der Waals surface area contributed by atoms with Gasteiger partial charge in [0.1, 0.15) is 0 Å². The third kappa shape index (κ3) is 2.61. The van der Waals surface area contributed by atoms with Crippen LogP contribution in [0.2, 0.25) is 0 Å². The van der Waals surface area contributed by atoms with Crippen molar-refractivity contribution in [2.75, 3.05) is 6.54 Å². The van der Waals surface area contributed by atoms with Crippen LogP contribution in [0.25, 0.3) is 0 Å². The average molecular weight is 311 g/mol. The first-order valence-corrected chi connectivity index (χ1v) is 6.73. The van der Waals surface area contributed by atoms with Crippen molar-refractivity contribution in [2.24, 2.45) is 11.8 Å². The fourth-order valence-electron chi connectivity index (χ4n) is 2.06. The molecule has 1 atom stereocenters. The lowest BCUT2D eigenvalue weighted by molar-refractivity contribution is -0.125. The topological polar surface area (TPSA) is 50.3 Å². The third-order valence-electron chi connectivity index (χ3n) is 3.29. The molecule has 2 heterocycles. The highest BCUT2D eigenvalue weighted by molar-refractivity contribution is 9.10. The largest absolute Gasteiger partial charge is 0.278 e. The minimum Gasteiger partial charge on any atom is -0.278 e. The summed E-state index contributed by atoms with van der Waals surface area (Å²) in [6, 6.07) is 1.69. The van der Waals surface area contributed by atoms with Crippen LogP contribution in [-0.4, -0.2) is 28.2 Å². The molecule has 1 aromatic heterocycles. The Morgan fingerprint density at radius 3 is 2.78 bits per heavy atom. The summed E-state index contributed by atoms with van der Waals surface area (Å²) in [7, 11) is 0. The molecule has 1 unspecified atom stereocenters. The summed E-state index contributed by atoms with van der Waals surface area (Å²) >= 11 is 3.27. The number of nitrogens with zero attached hydrogens (tertiary/aromatic N) is 2. The van der Waals surface area contributed by atoms with E-state index in [1.54, 1.807) is 12.3 Å². The zero-order valence-corrected chi connectivity index (χ0v) is 12.0. The summed E-state index contributed by atoms with van der Waals surface area (Å²) in [4.78, 5) is 29.4. The van der Waals surface area contributed by atoms with Crippen LogP contribution in [0.5, 0.6) is 0 Å². The zero-order chi connectivity index (χ0) is 13.3. The molecule has 4 nitrogen and oxygen atoms in total. The molecule has 2 amide bonds. The zero-order valence-electron chi connectivity index (χ0n) is 10.4. The van der Waals surface area contributed by atoms with E-state index in [0.29, 0.717) is 24.4 Å². The van der Waals surface area contributed by atoms with Crippen LogP contribution in [0.15, 0.2) is 22.9 Å². The molecular formula is C13H15BrN2O2. The first-order chi connectivity index (χ1) is 8.49. The summed E-state index contributed by atoms with van der Waals surface area (Å²) in [6.45, 7) is 4.67. The molecule has 0 bridgehead atoms. The molecule has 1 fully saturated rings. The van der Waals surface area contributed by atoms with Gasteiger partial charge >= 0.3 is 0 Å². The molecule has 0 spiro atoms. The van der Waals surface area contributed by atoms with E-state index >= 15 is 0 Å². The lowest BCUT2D eigenvalue weighted by Crippen LogP contribution is -2.32. The second kappa shape index (κ2) is 5.18. The van der Waals surface area contributed by atoms with Gasteiger partial charge in [-0.15, -0.1) is 0 Å². The SMILES string of the molecule is CC(C)C1CC(=O)N(C(=O)c2cncc(Br)c2)C1. The van der Waals surface area contributed by atoms with Crippen molar-refractivity contribution in [3.8, 4) is 0 Å². The minimum atomic E-state index is -0.253. The van der Waals surface area contributed by atoms with E-state index in [-0.39, 0.29) is 17.7 Å². The Hall–Kier alpha value is -1.23. The molecule has 0 saturated carbocycles. The summed E-state index contributed by atoms with van der Waals surface area (Å²) in [5, 5.41) is 0. The van der Waals surface area contributed by atoms with Gasteiger partial charge in [-0.1, -0.05) is 13.8 Å². The molecule has 0 N–H and O–H groups in total. The number of likely N-dealkylation sites (tertiary alicyclic amines) is 1. The number of aromatic nitrogens is 1. The van der Waals surface area contributed by atoms with Crippen LogP contribution in [-0.2, 0) is 4.79 Å². The predicted octanol–water partition coefficient (Wildman–Crippen LogP) is 2.49. The molecule has 0 radical (unpaired) electrons. The van der Waals surface area contributed by atoms with Crippen molar-refractivity contribution in [2.45, 2.75) is 20.3 Å². The number of carbonyl (C=O) groups is 2. The molecular weight excluding hydrogens is 296 g/mol. The Morgan fingerprint density at radius 2 is 2.22 bits per heavy atom. The quantitative estimate of drug-likeness (QED) is 0.789. The van der Waals surface area contributed by atoms with Gasteiger partial charge < -0.3 is 0 Å². The van der Waals surface area contributed by atoms with Crippen molar-refractivity contribution >= 4 is 27.7 Å². The highest BCUT2D eigenvalue weighted by atomic mass is 79.9. The summed E-state index contributed by atoms with van der Waals surface area (Å²) in [6.07, 6.45) is 3.56. The van der Waals surface area contributed by atoms with Gasteiger partial charge in [-0.05, 0) is 33.8 Å². The maximum atomic E-state index is 12.2. The van der Waals surface area contributed by atoms with E-state index in [1.807, 2.05) is 0 Å². The van der Waals surface area contributed by atoms with Gasteiger partial charge in [0.05, 0.1) is 5.56 Å². The fourth-order valence-corrected chi connectivity index (χ4v) is 2.43. The standard InChI is InChI=1S/C13H15BrN2O2/c1-8(2)10-4-12(17)16(7-10)13(18)9-3-11(14)6-15-5-9/h3,5-6,8,10H,4,7H2,1-2H3. The van der Waals surface area contributed by atoms with Crippen LogP contribution in [0.3, 0.4) is 0 Å². The smallest absolute Gasteiger partial charge is 0.262 e. The molecule has 2 rings (SSSR count). The Balaban J connectivity index is 2.17. The Morgan fingerprint density at radius 1 is 1.50 bits per heavy atom. The third-order valence-corrected chi connectivity index (χ3v) is 3.73. The molecule has 5 heteroatoms. The molecule has 0 aliphatic carbocycles. The van der Waals surface area contributed by atoms with E-state index < -0.39 is 0 Å². The molecule has 1 saturated heterocycles. The molecule has 1 aliphatic rings. The second-order valence-electron chi connectivity index (χ2n) is 4.91. The number of hydrogen-bond donors (Lipinski definition) is 0. The second-order valence-corrected chi connectivity index (χ2v) is 5.83. The highest BCUT2D eigenvalue weighted by Gasteiger charge is 2.35. The van der Waals surface area contributed by atoms with E-state index in [2.05, 4.69) is 34.8 Å². The molecule has 18 heavy (non-hydrogen) atoms. The van der Waals surface area contributed by atoms with E-state index in [0.717, 1.165) is 4.47 Å². The summed E-state index contributed by atoms with van der Waals surface area (Å²) in [5.74, 6) is 0.338. The molecule has 1 aliphatic heterocycles. The number of pyridine rings is 1. The number of rotatable bonds is 2. The number of imide groups is 1. The van der Waals surface area contributed by atoms with Crippen LogP contribution < -0.4 is 0 Å². The van der Waals surface area contributed by atoms with Gasteiger partial charge in [-0.3, -0.25) is 19.5 Å². The lowest BCUT2D eigenvalue weighted by atomic mass is 9.95. The maximum Gasteiger partial charge on any atom is 0.262 e. The maximum absolute atomic E-state index is 12.2. The number of carbonyl (C=O) groups excluding carboxylic acids is 2. The van der Waals surface area contributed by atoms with Crippen LogP contribution in [0, 0.1) is 11.8 Å².